The topological polar surface area (TPSA) is 56.3 Å². The maximum Gasteiger partial charge on any atom is 0.223 e. The lowest BCUT2D eigenvalue weighted by Gasteiger charge is -2.12. The Bertz CT molecular complexity index is 609. The summed E-state index contributed by atoms with van der Waals surface area (Å²) in [6.07, 6.45) is 0.969. The van der Waals surface area contributed by atoms with Crippen molar-refractivity contribution in [3.05, 3.63) is 41.2 Å². The highest BCUT2D eigenvalue weighted by molar-refractivity contribution is 5.44. The third-order valence-electron chi connectivity index (χ3n) is 3.12. The normalized spacial score (nSPS) is 10.4. The first-order valence-electron chi connectivity index (χ1n) is 7.48. The third kappa shape index (κ3) is 4.35. The van der Waals surface area contributed by atoms with Gasteiger partial charge in [-0.25, -0.2) is 9.97 Å². The van der Waals surface area contributed by atoms with Gasteiger partial charge in [0.25, 0.3) is 0 Å². The Morgan fingerprint density at radius 3 is 2.41 bits per heavy atom. The molecular weight excluding hydrogens is 278 g/mol. The number of ether oxygens (including phenoxy) is 2. The van der Waals surface area contributed by atoms with Crippen LogP contribution in [-0.2, 0) is 6.54 Å². The molecule has 0 unspecified atom stereocenters. The Morgan fingerprint density at radius 2 is 1.77 bits per heavy atom. The zero-order valence-electron chi connectivity index (χ0n) is 13.6. The van der Waals surface area contributed by atoms with Crippen LogP contribution in [0.25, 0.3) is 0 Å². The quantitative estimate of drug-likeness (QED) is 0.848. The number of nitrogens with one attached hydrogen (secondary N) is 1. The van der Waals surface area contributed by atoms with E-state index in [9.17, 15) is 0 Å². The van der Waals surface area contributed by atoms with E-state index in [1.54, 1.807) is 7.11 Å². The smallest absolute Gasteiger partial charge is 0.223 e. The molecule has 0 radical (unpaired) electrons. The SMILES string of the molecule is CCCOc1ccc(CNc2nc(C)cc(C)n2)cc1OC. The summed E-state index contributed by atoms with van der Waals surface area (Å²) < 4.78 is 11.0. The van der Waals surface area contributed by atoms with Crippen LogP contribution in [0.4, 0.5) is 5.95 Å². The number of benzene rings is 1. The maximum absolute atomic E-state index is 5.66. The van der Waals surface area contributed by atoms with Crippen molar-refractivity contribution in [2.75, 3.05) is 19.0 Å². The molecule has 22 heavy (non-hydrogen) atoms. The molecule has 1 aromatic heterocycles. The van der Waals surface area contributed by atoms with E-state index >= 15 is 0 Å². The largest absolute Gasteiger partial charge is 0.493 e. The number of aromatic nitrogens is 2. The first kappa shape index (κ1) is 16.1. The highest BCUT2D eigenvalue weighted by atomic mass is 16.5. The molecule has 1 N–H and O–H groups in total. The molecular formula is C17H23N3O2. The second kappa shape index (κ2) is 7.64. The molecule has 1 aromatic carbocycles. The lowest BCUT2D eigenvalue weighted by molar-refractivity contribution is 0.294. The molecule has 1 heterocycles. The van der Waals surface area contributed by atoms with Gasteiger partial charge in [0, 0.05) is 17.9 Å². The van der Waals surface area contributed by atoms with E-state index in [2.05, 4.69) is 22.2 Å². The summed E-state index contributed by atoms with van der Waals surface area (Å²) in [5.74, 6) is 2.16. The molecule has 0 aliphatic heterocycles. The summed E-state index contributed by atoms with van der Waals surface area (Å²) in [6.45, 7) is 7.32. The zero-order chi connectivity index (χ0) is 15.9. The van der Waals surface area contributed by atoms with Crippen molar-refractivity contribution < 1.29 is 9.47 Å². The van der Waals surface area contributed by atoms with E-state index in [0.29, 0.717) is 19.1 Å². The van der Waals surface area contributed by atoms with E-state index in [0.717, 1.165) is 34.9 Å². The van der Waals surface area contributed by atoms with Crippen molar-refractivity contribution in [3.8, 4) is 11.5 Å². The molecule has 0 atom stereocenters. The van der Waals surface area contributed by atoms with Gasteiger partial charge < -0.3 is 14.8 Å². The summed E-state index contributed by atoms with van der Waals surface area (Å²) >= 11 is 0. The maximum atomic E-state index is 5.66. The number of nitrogens with zero attached hydrogens (tertiary/aromatic N) is 2. The average Bonchev–Trinajstić information content (AvgIpc) is 2.50. The molecule has 0 aliphatic rings. The molecule has 0 spiro atoms. The van der Waals surface area contributed by atoms with Gasteiger partial charge in [0.15, 0.2) is 11.5 Å². The van der Waals surface area contributed by atoms with Gasteiger partial charge in [0.05, 0.1) is 13.7 Å². The Kier molecular flexibility index (Phi) is 5.58. The van der Waals surface area contributed by atoms with Gasteiger partial charge >= 0.3 is 0 Å². The fourth-order valence-electron chi connectivity index (χ4n) is 2.14. The highest BCUT2D eigenvalue weighted by Crippen LogP contribution is 2.28. The number of anilines is 1. The minimum Gasteiger partial charge on any atom is -0.493 e. The summed E-state index contributed by atoms with van der Waals surface area (Å²) in [6, 6.07) is 7.88. The van der Waals surface area contributed by atoms with Crippen molar-refractivity contribution in [1.82, 2.24) is 9.97 Å². The second-order valence-electron chi connectivity index (χ2n) is 5.16. The fraction of sp³-hybridized carbons (Fsp3) is 0.412. The number of hydrogen-bond donors (Lipinski definition) is 1. The monoisotopic (exact) mass is 301 g/mol. The van der Waals surface area contributed by atoms with Gasteiger partial charge in [-0.05, 0) is 44.0 Å². The van der Waals surface area contributed by atoms with Crippen molar-refractivity contribution in [2.24, 2.45) is 0 Å². The van der Waals surface area contributed by atoms with Gasteiger partial charge in [-0.1, -0.05) is 13.0 Å². The predicted octanol–water partition coefficient (Wildman–Crippen LogP) is 3.50. The minimum atomic E-state index is 0.632. The Labute approximate surface area is 131 Å². The van der Waals surface area contributed by atoms with Crippen LogP contribution in [0, 0.1) is 13.8 Å². The lowest BCUT2D eigenvalue weighted by Crippen LogP contribution is -2.06. The molecule has 0 amide bonds. The summed E-state index contributed by atoms with van der Waals surface area (Å²) in [5.41, 5.74) is 3.00. The van der Waals surface area contributed by atoms with Crippen molar-refractivity contribution >= 4 is 5.95 Å². The molecule has 5 heteroatoms. The molecule has 0 bridgehead atoms. The van der Waals surface area contributed by atoms with E-state index in [1.165, 1.54) is 0 Å². The van der Waals surface area contributed by atoms with Gasteiger partial charge in [-0.3, -0.25) is 0 Å². The number of methoxy groups -OCH3 is 1. The van der Waals surface area contributed by atoms with E-state index in [-0.39, 0.29) is 0 Å². The molecule has 0 fully saturated rings. The van der Waals surface area contributed by atoms with Crippen LogP contribution in [-0.4, -0.2) is 23.7 Å². The predicted molar refractivity (Wildman–Crippen MR) is 87.6 cm³/mol. The Morgan fingerprint density at radius 1 is 1.05 bits per heavy atom. The van der Waals surface area contributed by atoms with Crippen LogP contribution in [0.15, 0.2) is 24.3 Å². The van der Waals surface area contributed by atoms with Crippen LogP contribution in [0.5, 0.6) is 11.5 Å². The van der Waals surface area contributed by atoms with Gasteiger partial charge in [-0.2, -0.15) is 0 Å². The first-order valence-corrected chi connectivity index (χ1v) is 7.48. The fourth-order valence-corrected chi connectivity index (χ4v) is 2.14. The van der Waals surface area contributed by atoms with Crippen LogP contribution in [0.2, 0.25) is 0 Å². The van der Waals surface area contributed by atoms with Crippen molar-refractivity contribution in [3.63, 3.8) is 0 Å². The molecule has 2 rings (SSSR count). The van der Waals surface area contributed by atoms with Crippen LogP contribution in [0.1, 0.15) is 30.3 Å². The lowest BCUT2D eigenvalue weighted by atomic mass is 10.2. The summed E-state index contributed by atoms with van der Waals surface area (Å²) in [7, 11) is 1.65. The highest BCUT2D eigenvalue weighted by Gasteiger charge is 2.06. The third-order valence-corrected chi connectivity index (χ3v) is 3.12. The molecule has 5 nitrogen and oxygen atoms in total. The number of hydrogen-bond acceptors (Lipinski definition) is 5. The first-order chi connectivity index (χ1) is 10.6. The molecule has 2 aromatic rings. The van der Waals surface area contributed by atoms with Crippen molar-refractivity contribution in [2.45, 2.75) is 33.7 Å². The minimum absolute atomic E-state index is 0.632. The number of rotatable bonds is 7. The second-order valence-corrected chi connectivity index (χ2v) is 5.16. The van der Waals surface area contributed by atoms with E-state index in [4.69, 9.17) is 9.47 Å². The van der Waals surface area contributed by atoms with E-state index < -0.39 is 0 Å². The van der Waals surface area contributed by atoms with Gasteiger partial charge in [-0.15, -0.1) is 0 Å². The molecule has 118 valence electrons. The zero-order valence-corrected chi connectivity index (χ0v) is 13.6. The Hall–Kier alpha value is -2.30. The standard InChI is InChI=1S/C17H23N3O2/c1-5-8-22-15-7-6-14(10-16(15)21-4)11-18-17-19-12(2)9-13(3)20-17/h6-7,9-10H,5,8,11H2,1-4H3,(H,18,19,20). The number of aryl methyl sites for hydroxylation is 2. The van der Waals surface area contributed by atoms with Crippen LogP contribution >= 0.6 is 0 Å². The van der Waals surface area contributed by atoms with Crippen LogP contribution in [0.3, 0.4) is 0 Å². The average molecular weight is 301 g/mol. The summed E-state index contributed by atoms with van der Waals surface area (Å²) in [4.78, 5) is 8.74. The van der Waals surface area contributed by atoms with Gasteiger partial charge in [0.2, 0.25) is 5.95 Å². The van der Waals surface area contributed by atoms with E-state index in [1.807, 2.05) is 38.1 Å². The van der Waals surface area contributed by atoms with Crippen LogP contribution < -0.4 is 14.8 Å². The summed E-state index contributed by atoms with van der Waals surface area (Å²) in [5, 5.41) is 3.24. The van der Waals surface area contributed by atoms with Gasteiger partial charge in [0.1, 0.15) is 0 Å². The Balaban J connectivity index is 2.06. The molecule has 0 saturated heterocycles. The van der Waals surface area contributed by atoms with Crippen molar-refractivity contribution in [1.29, 1.82) is 0 Å². The molecule has 0 saturated carbocycles. The molecule has 0 aliphatic carbocycles.